The van der Waals surface area contributed by atoms with Gasteiger partial charge in [-0.2, -0.15) is 0 Å². The van der Waals surface area contributed by atoms with E-state index in [1.807, 2.05) is 4.90 Å². The predicted molar refractivity (Wildman–Crippen MR) is 90.1 cm³/mol. The molecule has 0 saturated carbocycles. The highest BCUT2D eigenvalue weighted by Crippen LogP contribution is 2.42. The van der Waals surface area contributed by atoms with E-state index in [9.17, 15) is 9.90 Å². The number of nitrogens with zero attached hydrogens (tertiary/aromatic N) is 1. The van der Waals surface area contributed by atoms with Crippen LogP contribution >= 0.6 is 11.6 Å². The molecular formula is C19H18ClNO2. The number of phenols is 1. The molecule has 4 heteroatoms. The van der Waals surface area contributed by atoms with E-state index in [0.717, 1.165) is 25.8 Å². The van der Waals surface area contributed by atoms with Gasteiger partial charge in [0.2, 0.25) is 0 Å². The molecule has 1 N–H and O–H groups in total. The van der Waals surface area contributed by atoms with Crippen LogP contribution in [0.2, 0.25) is 5.02 Å². The van der Waals surface area contributed by atoms with Gasteiger partial charge in [0.1, 0.15) is 5.75 Å². The number of piperidine rings is 1. The first-order valence-electron chi connectivity index (χ1n) is 8.02. The standard InChI is InChI=1S/C19H18ClNO2/c20-16-10-13(7-8-18(16)22)19(23)21-9-3-6-15-14-5-2-1-4-12(14)11-17(15)21/h1-2,4-5,7-8,10,15,17,22H,3,6,9,11H2/t15-,17+/m0/s1. The second kappa shape index (κ2) is 5.57. The van der Waals surface area contributed by atoms with E-state index in [-0.39, 0.29) is 22.7 Å². The number of carbonyl (C=O) groups is 1. The van der Waals surface area contributed by atoms with E-state index in [4.69, 9.17) is 11.6 Å². The second-order valence-corrected chi connectivity index (χ2v) is 6.79. The van der Waals surface area contributed by atoms with Gasteiger partial charge in [0.15, 0.2) is 0 Å². The van der Waals surface area contributed by atoms with Gasteiger partial charge in [-0.1, -0.05) is 35.9 Å². The van der Waals surface area contributed by atoms with Crippen molar-refractivity contribution in [2.45, 2.75) is 31.2 Å². The normalized spacial score (nSPS) is 22.6. The first kappa shape index (κ1) is 14.6. The zero-order valence-corrected chi connectivity index (χ0v) is 13.5. The Balaban J connectivity index is 1.65. The maximum absolute atomic E-state index is 12.9. The summed E-state index contributed by atoms with van der Waals surface area (Å²) < 4.78 is 0. The first-order valence-corrected chi connectivity index (χ1v) is 8.40. The van der Waals surface area contributed by atoms with Crippen LogP contribution in [-0.2, 0) is 6.42 Å². The minimum Gasteiger partial charge on any atom is -0.506 e. The number of amides is 1. The van der Waals surface area contributed by atoms with Crippen molar-refractivity contribution < 1.29 is 9.90 Å². The van der Waals surface area contributed by atoms with Gasteiger partial charge in [-0.3, -0.25) is 4.79 Å². The van der Waals surface area contributed by atoms with Crippen molar-refractivity contribution in [1.82, 2.24) is 4.90 Å². The summed E-state index contributed by atoms with van der Waals surface area (Å²) in [6, 6.07) is 13.5. The van der Waals surface area contributed by atoms with Crippen molar-refractivity contribution in [3.05, 3.63) is 64.2 Å². The lowest BCUT2D eigenvalue weighted by atomic mass is 9.88. The van der Waals surface area contributed by atoms with Crippen LogP contribution in [0.3, 0.4) is 0 Å². The summed E-state index contributed by atoms with van der Waals surface area (Å²) in [6.07, 6.45) is 3.09. The number of fused-ring (bicyclic) bond motifs is 3. The maximum atomic E-state index is 12.9. The summed E-state index contributed by atoms with van der Waals surface area (Å²) in [7, 11) is 0. The lowest BCUT2D eigenvalue weighted by Crippen LogP contribution is -2.46. The van der Waals surface area contributed by atoms with Gasteiger partial charge in [0.05, 0.1) is 5.02 Å². The average Bonchev–Trinajstić information content (AvgIpc) is 2.95. The van der Waals surface area contributed by atoms with Gasteiger partial charge in [-0.25, -0.2) is 0 Å². The van der Waals surface area contributed by atoms with Gasteiger partial charge in [0, 0.05) is 24.1 Å². The van der Waals surface area contributed by atoms with Crippen LogP contribution in [0.1, 0.15) is 40.2 Å². The molecule has 1 amide bonds. The van der Waals surface area contributed by atoms with E-state index in [2.05, 4.69) is 24.3 Å². The molecule has 2 atom stereocenters. The number of benzene rings is 2. The monoisotopic (exact) mass is 327 g/mol. The Morgan fingerprint density at radius 1 is 1.22 bits per heavy atom. The fraction of sp³-hybridized carbons (Fsp3) is 0.316. The molecule has 4 rings (SSSR count). The molecule has 1 fully saturated rings. The number of hydrogen-bond acceptors (Lipinski definition) is 2. The molecule has 0 aromatic heterocycles. The van der Waals surface area contributed by atoms with Gasteiger partial charge in [0.25, 0.3) is 5.91 Å². The molecule has 118 valence electrons. The van der Waals surface area contributed by atoms with Crippen molar-refractivity contribution in [1.29, 1.82) is 0 Å². The third kappa shape index (κ3) is 2.40. The number of hydrogen-bond donors (Lipinski definition) is 1. The van der Waals surface area contributed by atoms with Crippen LogP contribution in [0, 0.1) is 0 Å². The summed E-state index contributed by atoms with van der Waals surface area (Å²) in [5.74, 6) is 0.457. The van der Waals surface area contributed by atoms with Crippen LogP contribution in [-0.4, -0.2) is 28.5 Å². The summed E-state index contributed by atoms with van der Waals surface area (Å²) in [5.41, 5.74) is 3.31. The Kier molecular flexibility index (Phi) is 3.53. The van der Waals surface area contributed by atoms with E-state index in [0.29, 0.717) is 11.5 Å². The first-order chi connectivity index (χ1) is 11.1. The quantitative estimate of drug-likeness (QED) is 0.860. The van der Waals surface area contributed by atoms with Crippen LogP contribution in [0.15, 0.2) is 42.5 Å². The smallest absolute Gasteiger partial charge is 0.254 e. The van der Waals surface area contributed by atoms with E-state index >= 15 is 0 Å². The largest absolute Gasteiger partial charge is 0.506 e. The SMILES string of the molecule is O=C(c1ccc(O)c(Cl)c1)N1CCC[C@H]2c3ccccc3C[C@H]21. The number of rotatable bonds is 1. The molecule has 0 unspecified atom stereocenters. The van der Waals surface area contributed by atoms with Crippen molar-refractivity contribution in [3.63, 3.8) is 0 Å². The number of phenolic OH excluding ortho intramolecular Hbond substituents is 1. The van der Waals surface area contributed by atoms with E-state index in [1.54, 1.807) is 12.1 Å². The molecule has 2 aromatic rings. The second-order valence-electron chi connectivity index (χ2n) is 6.38. The van der Waals surface area contributed by atoms with Crippen molar-refractivity contribution in [3.8, 4) is 5.75 Å². The molecule has 3 nitrogen and oxygen atoms in total. The summed E-state index contributed by atoms with van der Waals surface area (Å²) in [4.78, 5) is 14.9. The van der Waals surface area contributed by atoms with Crippen LogP contribution in [0.4, 0.5) is 0 Å². The molecule has 1 saturated heterocycles. The fourth-order valence-corrected chi connectivity index (χ4v) is 4.22. The van der Waals surface area contributed by atoms with Crippen molar-refractivity contribution in [2.75, 3.05) is 6.54 Å². The molecule has 2 aliphatic rings. The molecule has 23 heavy (non-hydrogen) atoms. The highest BCUT2D eigenvalue weighted by molar-refractivity contribution is 6.32. The molecule has 1 aliphatic heterocycles. The highest BCUT2D eigenvalue weighted by Gasteiger charge is 2.40. The maximum Gasteiger partial charge on any atom is 0.254 e. The van der Waals surface area contributed by atoms with Crippen LogP contribution in [0.25, 0.3) is 0 Å². The zero-order chi connectivity index (χ0) is 16.0. The lowest BCUT2D eigenvalue weighted by Gasteiger charge is -2.38. The topological polar surface area (TPSA) is 40.5 Å². The predicted octanol–water partition coefficient (Wildman–Crippen LogP) is 3.99. The zero-order valence-electron chi connectivity index (χ0n) is 12.7. The van der Waals surface area contributed by atoms with Gasteiger partial charge < -0.3 is 10.0 Å². The van der Waals surface area contributed by atoms with Gasteiger partial charge in [-0.05, 0) is 48.6 Å². The minimum absolute atomic E-state index is 0.00742. The molecule has 2 aromatic carbocycles. The fourth-order valence-electron chi connectivity index (χ4n) is 4.04. The Morgan fingerprint density at radius 3 is 2.87 bits per heavy atom. The molecular weight excluding hydrogens is 310 g/mol. The number of carbonyl (C=O) groups excluding carboxylic acids is 1. The Hall–Kier alpha value is -2.00. The van der Waals surface area contributed by atoms with Crippen LogP contribution in [0.5, 0.6) is 5.75 Å². The van der Waals surface area contributed by atoms with Crippen LogP contribution < -0.4 is 0 Å². The molecule has 1 heterocycles. The molecule has 1 aliphatic carbocycles. The lowest BCUT2D eigenvalue weighted by molar-refractivity contribution is 0.0595. The Morgan fingerprint density at radius 2 is 2.04 bits per heavy atom. The van der Waals surface area contributed by atoms with Gasteiger partial charge >= 0.3 is 0 Å². The van der Waals surface area contributed by atoms with Crippen molar-refractivity contribution >= 4 is 17.5 Å². The van der Waals surface area contributed by atoms with E-state index < -0.39 is 0 Å². The number of halogens is 1. The summed E-state index contributed by atoms with van der Waals surface area (Å²) in [5, 5.41) is 9.77. The number of aromatic hydroxyl groups is 1. The number of likely N-dealkylation sites (tertiary alicyclic amines) is 1. The molecule has 0 spiro atoms. The van der Waals surface area contributed by atoms with E-state index in [1.165, 1.54) is 17.2 Å². The molecule has 0 radical (unpaired) electrons. The highest BCUT2D eigenvalue weighted by atomic mass is 35.5. The third-order valence-electron chi connectivity index (χ3n) is 5.12. The van der Waals surface area contributed by atoms with Crippen molar-refractivity contribution in [2.24, 2.45) is 0 Å². The summed E-state index contributed by atoms with van der Waals surface area (Å²) >= 11 is 5.96. The Bertz CT molecular complexity index is 774. The van der Waals surface area contributed by atoms with Gasteiger partial charge in [-0.15, -0.1) is 0 Å². The summed E-state index contributed by atoms with van der Waals surface area (Å²) in [6.45, 7) is 0.784. The Labute approximate surface area is 140 Å². The molecule has 0 bridgehead atoms. The average molecular weight is 328 g/mol. The minimum atomic E-state index is 0.00742. The third-order valence-corrected chi connectivity index (χ3v) is 5.42.